The first-order chi connectivity index (χ1) is 4.68. The van der Waals surface area contributed by atoms with Crippen molar-refractivity contribution in [1.82, 2.24) is 0 Å². The summed E-state index contributed by atoms with van der Waals surface area (Å²) in [6.07, 6.45) is 3.35. The van der Waals surface area contributed by atoms with Crippen molar-refractivity contribution in [2.24, 2.45) is 0 Å². The number of carbonyl (C=O) groups is 1. The van der Waals surface area contributed by atoms with Crippen molar-refractivity contribution in [3.8, 4) is 0 Å². The van der Waals surface area contributed by atoms with Crippen molar-refractivity contribution >= 4 is 6.29 Å². The first kappa shape index (κ1) is 11.5. The highest BCUT2D eigenvalue weighted by atomic mass is 16.5. The van der Waals surface area contributed by atoms with Crippen molar-refractivity contribution in [2.75, 3.05) is 0 Å². The van der Waals surface area contributed by atoms with Crippen LogP contribution in [0.2, 0.25) is 0 Å². The van der Waals surface area contributed by atoms with Crippen LogP contribution in [-0.2, 0) is 9.53 Å². The maximum absolute atomic E-state index is 9.41. The molecule has 0 saturated heterocycles. The van der Waals surface area contributed by atoms with Crippen molar-refractivity contribution in [2.45, 2.75) is 6.92 Å². The molecule has 10 heavy (non-hydrogen) atoms. The Morgan fingerprint density at radius 3 is 1.70 bits per heavy atom. The van der Waals surface area contributed by atoms with Crippen molar-refractivity contribution in [1.29, 1.82) is 0 Å². The SMILES string of the molecule is C=C(C)C=O.C=COC=C. The van der Waals surface area contributed by atoms with E-state index in [1.54, 1.807) is 6.92 Å². The average Bonchev–Trinajstić information content (AvgIpc) is 1.91. The van der Waals surface area contributed by atoms with E-state index in [2.05, 4.69) is 24.5 Å². The third kappa shape index (κ3) is 29.9. The number of allylic oxidation sites excluding steroid dienone is 1. The number of hydrogen-bond donors (Lipinski definition) is 0. The van der Waals surface area contributed by atoms with Gasteiger partial charge in [0.2, 0.25) is 0 Å². The van der Waals surface area contributed by atoms with Crippen LogP contribution in [-0.4, -0.2) is 6.29 Å². The molecule has 0 bridgehead atoms. The summed E-state index contributed by atoms with van der Waals surface area (Å²) in [5.74, 6) is 0. The summed E-state index contributed by atoms with van der Waals surface area (Å²) in [5.41, 5.74) is 0.574. The van der Waals surface area contributed by atoms with Gasteiger partial charge < -0.3 is 4.74 Å². The lowest BCUT2D eigenvalue weighted by molar-refractivity contribution is -0.104. The average molecular weight is 140 g/mol. The molecule has 0 aliphatic heterocycles. The van der Waals surface area contributed by atoms with Crippen molar-refractivity contribution in [3.05, 3.63) is 37.8 Å². The van der Waals surface area contributed by atoms with Gasteiger partial charge in [0.25, 0.3) is 0 Å². The van der Waals surface area contributed by atoms with E-state index in [4.69, 9.17) is 0 Å². The van der Waals surface area contributed by atoms with Crippen LogP contribution in [0.25, 0.3) is 0 Å². The van der Waals surface area contributed by atoms with Crippen LogP contribution in [0.3, 0.4) is 0 Å². The Hall–Kier alpha value is -1.31. The maximum atomic E-state index is 9.41. The third-order valence-electron chi connectivity index (χ3n) is 0.394. The molecule has 0 fully saturated rings. The zero-order valence-corrected chi connectivity index (χ0v) is 6.17. The summed E-state index contributed by atoms with van der Waals surface area (Å²) < 4.78 is 4.36. The van der Waals surface area contributed by atoms with Crippen LogP contribution in [0.1, 0.15) is 6.92 Å². The van der Waals surface area contributed by atoms with E-state index >= 15 is 0 Å². The molecule has 2 heteroatoms. The minimum absolute atomic E-state index is 0.574. The Balaban J connectivity index is 0. The van der Waals surface area contributed by atoms with Gasteiger partial charge in [0.15, 0.2) is 0 Å². The fourth-order valence-electron chi connectivity index (χ4n) is 0.0680. The van der Waals surface area contributed by atoms with Gasteiger partial charge in [-0.1, -0.05) is 19.7 Å². The number of aldehydes is 1. The second kappa shape index (κ2) is 10.6. The highest BCUT2D eigenvalue weighted by Crippen LogP contribution is 1.71. The molecule has 0 rings (SSSR count). The Kier molecular flexibility index (Phi) is 12.2. The van der Waals surface area contributed by atoms with Crippen LogP contribution in [0.4, 0.5) is 0 Å². The number of rotatable bonds is 3. The minimum Gasteiger partial charge on any atom is -0.474 e. The molecule has 0 N–H and O–H groups in total. The quantitative estimate of drug-likeness (QED) is 0.340. The normalized spacial score (nSPS) is 6.10. The molecule has 0 aliphatic carbocycles. The van der Waals surface area contributed by atoms with E-state index in [0.29, 0.717) is 5.57 Å². The van der Waals surface area contributed by atoms with E-state index in [-0.39, 0.29) is 0 Å². The maximum Gasteiger partial charge on any atom is 0.145 e. The van der Waals surface area contributed by atoms with Crippen LogP contribution in [0.15, 0.2) is 37.8 Å². The third-order valence-corrected chi connectivity index (χ3v) is 0.394. The summed E-state index contributed by atoms with van der Waals surface area (Å²) in [6, 6.07) is 0. The van der Waals surface area contributed by atoms with E-state index in [0.717, 1.165) is 6.29 Å². The fraction of sp³-hybridized carbons (Fsp3) is 0.125. The van der Waals surface area contributed by atoms with Crippen molar-refractivity contribution < 1.29 is 9.53 Å². The summed E-state index contributed by atoms with van der Waals surface area (Å²) in [4.78, 5) is 9.41. The zero-order chi connectivity index (χ0) is 8.41. The van der Waals surface area contributed by atoms with Gasteiger partial charge in [-0.3, -0.25) is 4.79 Å². The van der Waals surface area contributed by atoms with Crippen LogP contribution >= 0.6 is 0 Å². The molecule has 0 radical (unpaired) electrons. The Labute approximate surface area is 61.5 Å². The molecule has 0 amide bonds. The predicted molar refractivity (Wildman–Crippen MR) is 42.4 cm³/mol. The number of hydrogen-bond acceptors (Lipinski definition) is 2. The van der Waals surface area contributed by atoms with Crippen molar-refractivity contribution in [3.63, 3.8) is 0 Å². The summed E-state index contributed by atoms with van der Waals surface area (Å²) in [5, 5.41) is 0. The van der Waals surface area contributed by atoms with E-state index < -0.39 is 0 Å². The molecular weight excluding hydrogens is 128 g/mol. The molecule has 0 saturated carbocycles. The molecule has 2 nitrogen and oxygen atoms in total. The second-order valence-corrected chi connectivity index (χ2v) is 1.43. The summed E-state index contributed by atoms with van der Waals surface area (Å²) in [7, 11) is 0. The first-order valence-electron chi connectivity index (χ1n) is 2.67. The zero-order valence-electron chi connectivity index (χ0n) is 6.17. The molecule has 0 unspecified atom stereocenters. The number of carbonyl (C=O) groups excluding carboxylic acids is 1. The predicted octanol–water partition coefficient (Wildman–Crippen LogP) is 2.05. The van der Waals surface area contributed by atoms with Gasteiger partial charge in [-0.05, 0) is 12.5 Å². The molecule has 0 heterocycles. The van der Waals surface area contributed by atoms with Gasteiger partial charge in [-0.2, -0.15) is 0 Å². The topological polar surface area (TPSA) is 26.3 Å². The van der Waals surface area contributed by atoms with Gasteiger partial charge >= 0.3 is 0 Å². The standard InChI is InChI=1S/2C4H6O/c1-4(2)3-5;1-3-5-4-2/h3H,1H2,2H3;3-4H,1-2H2. The monoisotopic (exact) mass is 140 g/mol. The summed E-state index contributed by atoms with van der Waals surface area (Å²) in [6.45, 7) is 11.5. The van der Waals surface area contributed by atoms with Gasteiger partial charge in [-0.25, -0.2) is 0 Å². The lowest BCUT2D eigenvalue weighted by Gasteiger charge is -1.76. The molecule has 56 valence electrons. The Bertz CT molecular complexity index is 119. The Morgan fingerprint density at radius 2 is 1.70 bits per heavy atom. The molecule has 0 aromatic carbocycles. The van der Waals surface area contributed by atoms with Gasteiger partial charge in [0.05, 0.1) is 12.5 Å². The molecule has 0 aliphatic rings. The Morgan fingerprint density at radius 1 is 1.40 bits per heavy atom. The van der Waals surface area contributed by atoms with Crippen LogP contribution < -0.4 is 0 Å². The highest BCUT2D eigenvalue weighted by molar-refractivity contribution is 5.70. The van der Waals surface area contributed by atoms with E-state index in [1.165, 1.54) is 12.5 Å². The molecule has 0 atom stereocenters. The first-order valence-corrected chi connectivity index (χ1v) is 2.67. The van der Waals surface area contributed by atoms with Gasteiger partial charge in [-0.15, -0.1) is 0 Å². The van der Waals surface area contributed by atoms with Gasteiger partial charge in [0, 0.05) is 0 Å². The number of ether oxygens (including phenoxy) is 1. The molecule has 0 aromatic heterocycles. The fourth-order valence-corrected chi connectivity index (χ4v) is 0.0680. The van der Waals surface area contributed by atoms with Gasteiger partial charge in [0.1, 0.15) is 6.29 Å². The van der Waals surface area contributed by atoms with E-state index in [1.807, 2.05) is 0 Å². The molecular formula is C8H12O2. The lowest BCUT2D eigenvalue weighted by Crippen LogP contribution is -1.65. The van der Waals surface area contributed by atoms with E-state index in [9.17, 15) is 4.79 Å². The summed E-state index contributed by atoms with van der Waals surface area (Å²) >= 11 is 0. The second-order valence-electron chi connectivity index (χ2n) is 1.43. The van der Waals surface area contributed by atoms with Crippen LogP contribution in [0, 0.1) is 0 Å². The molecule has 0 aromatic rings. The smallest absolute Gasteiger partial charge is 0.145 e. The lowest BCUT2D eigenvalue weighted by atomic mass is 10.4. The van der Waals surface area contributed by atoms with Crippen LogP contribution in [0.5, 0.6) is 0 Å². The molecule has 0 spiro atoms. The minimum atomic E-state index is 0.574. The highest BCUT2D eigenvalue weighted by Gasteiger charge is 1.66. The largest absolute Gasteiger partial charge is 0.474 e.